The number of likely N-dealkylation sites (tertiary alicyclic amines) is 1. The zero-order valence-electron chi connectivity index (χ0n) is 17.8. The van der Waals surface area contributed by atoms with Crippen LogP contribution in [0, 0.1) is 18.7 Å². The van der Waals surface area contributed by atoms with Crippen molar-refractivity contribution in [3.63, 3.8) is 0 Å². The van der Waals surface area contributed by atoms with E-state index in [1.165, 1.54) is 6.33 Å². The van der Waals surface area contributed by atoms with Crippen LogP contribution in [0.2, 0.25) is 0 Å². The molecular weight excluding hydrogens is 381 g/mol. The van der Waals surface area contributed by atoms with Crippen LogP contribution in [0.3, 0.4) is 0 Å². The van der Waals surface area contributed by atoms with Crippen LogP contribution in [0.25, 0.3) is 10.9 Å². The third kappa shape index (κ3) is 4.54. The smallest absolute Gasteiger partial charge is 0.163 e. The third-order valence-corrected chi connectivity index (χ3v) is 5.88. The number of benzene rings is 2. The molecule has 5 nitrogen and oxygen atoms in total. The monoisotopic (exact) mass is 409 g/mol. The van der Waals surface area contributed by atoms with Crippen LogP contribution in [-0.4, -0.2) is 48.7 Å². The van der Waals surface area contributed by atoms with E-state index in [9.17, 15) is 4.39 Å². The summed E-state index contributed by atoms with van der Waals surface area (Å²) < 4.78 is 26.1. The van der Waals surface area contributed by atoms with Gasteiger partial charge < -0.3 is 14.4 Å². The summed E-state index contributed by atoms with van der Waals surface area (Å²) in [4.78, 5) is 11.2. The number of methoxy groups -OCH3 is 1. The highest BCUT2D eigenvalue weighted by Gasteiger charge is 2.19. The van der Waals surface area contributed by atoms with E-state index in [-0.39, 0.29) is 5.82 Å². The van der Waals surface area contributed by atoms with Crippen molar-refractivity contribution in [2.24, 2.45) is 5.92 Å². The molecule has 0 amide bonds. The Bertz CT molecular complexity index is 1030. The highest BCUT2D eigenvalue weighted by atomic mass is 19.1. The van der Waals surface area contributed by atoms with Gasteiger partial charge in [-0.2, -0.15) is 0 Å². The summed E-state index contributed by atoms with van der Waals surface area (Å²) in [5.74, 6) is 1.67. The number of fused-ring (bicyclic) bond motifs is 1. The molecule has 2 heterocycles. The van der Waals surface area contributed by atoms with E-state index in [1.807, 2.05) is 31.2 Å². The van der Waals surface area contributed by atoms with Crippen molar-refractivity contribution >= 4 is 10.9 Å². The van der Waals surface area contributed by atoms with Crippen LogP contribution in [0.1, 0.15) is 29.7 Å². The first-order valence-electron chi connectivity index (χ1n) is 10.4. The zero-order chi connectivity index (χ0) is 21.1. The average Bonchev–Trinajstić information content (AvgIpc) is 2.75. The Morgan fingerprint density at radius 2 is 1.90 bits per heavy atom. The highest BCUT2D eigenvalue weighted by Crippen LogP contribution is 2.34. The Morgan fingerprint density at radius 3 is 2.63 bits per heavy atom. The van der Waals surface area contributed by atoms with Crippen LogP contribution in [0.15, 0.2) is 36.7 Å². The molecule has 0 radical (unpaired) electrons. The van der Waals surface area contributed by atoms with Gasteiger partial charge in [0.1, 0.15) is 12.1 Å². The molecule has 1 aliphatic rings. The van der Waals surface area contributed by atoms with E-state index in [0.717, 1.165) is 48.1 Å². The van der Waals surface area contributed by atoms with Crippen molar-refractivity contribution in [1.82, 2.24) is 14.9 Å². The van der Waals surface area contributed by atoms with Crippen molar-refractivity contribution in [2.45, 2.75) is 26.2 Å². The van der Waals surface area contributed by atoms with E-state index in [0.29, 0.717) is 36.0 Å². The Morgan fingerprint density at radius 1 is 1.10 bits per heavy atom. The summed E-state index contributed by atoms with van der Waals surface area (Å²) in [5.41, 5.74) is 3.05. The Labute approximate surface area is 176 Å². The Balaban J connectivity index is 1.58. The minimum Gasteiger partial charge on any atom is -0.493 e. The maximum atomic E-state index is 14.4. The predicted octanol–water partition coefficient (Wildman–Crippen LogP) is 4.40. The summed E-state index contributed by atoms with van der Waals surface area (Å²) in [5, 5.41) is 0.848. The van der Waals surface area contributed by atoms with Crippen molar-refractivity contribution < 1.29 is 13.9 Å². The van der Waals surface area contributed by atoms with Gasteiger partial charge in [0, 0.05) is 17.9 Å². The van der Waals surface area contributed by atoms with E-state index < -0.39 is 0 Å². The topological polar surface area (TPSA) is 47.5 Å². The maximum Gasteiger partial charge on any atom is 0.163 e. The molecule has 0 saturated carbocycles. The van der Waals surface area contributed by atoms with Crippen LogP contribution < -0.4 is 9.47 Å². The van der Waals surface area contributed by atoms with Gasteiger partial charge >= 0.3 is 0 Å². The molecule has 0 atom stereocenters. The summed E-state index contributed by atoms with van der Waals surface area (Å²) >= 11 is 0. The van der Waals surface area contributed by atoms with Gasteiger partial charge in [-0.3, -0.25) is 0 Å². The molecule has 30 heavy (non-hydrogen) atoms. The molecule has 1 saturated heterocycles. The van der Waals surface area contributed by atoms with Crippen LogP contribution in [0.4, 0.5) is 4.39 Å². The molecule has 0 N–H and O–H groups in total. The molecule has 0 spiro atoms. The van der Waals surface area contributed by atoms with Crippen molar-refractivity contribution in [2.75, 3.05) is 33.9 Å². The minimum atomic E-state index is -0.216. The number of aromatic nitrogens is 2. The molecular formula is C24H28FN3O2. The number of ether oxygens (including phenoxy) is 2. The minimum absolute atomic E-state index is 0.216. The average molecular weight is 410 g/mol. The number of aryl methyl sites for hydroxylation is 1. The first kappa shape index (κ1) is 20.5. The number of hydrogen-bond donors (Lipinski definition) is 0. The summed E-state index contributed by atoms with van der Waals surface area (Å²) in [7, 11) is 3.79. The van der Waals surface area contributed by atoms with Gasteiger partial charge in [0.15, 0.2) is 11.5 Å². The van der Waals surface area contributed by atoms with Gasteiger partial charge in [0.2, 0.25) is 0 Å². The lowest BCUT2D eigenvalue weighted by molar-refractivity contribution is 0.157. The molecule has 1 fully saturated rings. The SMILES string of the molecule is COc1cc2c(Cc3ccc(C)cc3F)ncnc2cc1OCC1CCN(C)CC1. The predicted molar refractivity (Wildman–Crippen MR) is 116 cm³/mol. The second-order valence-corrected chi connectivity index (χ2v) is 8.17. The first-order chi connectivity index (χ1) is 14.5. The van der Waals surface area contributed by atoms with Gasteiger partial charge in [-0.05, 0) is 69.1 Å². The number of nitrogens with zero attached hydrogens (tertiary/aromatic N) is 3. The molecule has 0 bridgehead atoms. The van der Waals surface area contributed by atoms with E-state index >= 15 is 0 Å². The van der Waals surface area contributed by atoms with Gasteiger partial charge in [0.25, 0.3) is 0 Å². The second-order valence-electron chi connectivity index (χ2n) is 8.17. The molecule has 3 aromatic rings. The van der Waals surface area contributed by atoms with E-state index in [1.54, 1.807) is 13.2 Å². The number of piperidine rings is 1. The van der Waals surface area contributed by atoms with E-state index in [2.05, 4.69) is 21.9 Å². The second kappa shape index (κ2) is 8.96. The first-order valence-corrected chi connectivity index (χ1v) is 10.4. The fourth-order valence-corrected chi connectivity index (χ4v) is 3.94. The van der Waals surface area contributed by atoms with Gasteiger partial charge in [-0.25, -0.2) is 14.4 Å². The van der Waals surface area contributed by atoms with Crippen LogP contribution >= 0.6 is 0 Å². The van der Waals surface area contributed by atoms with Crippen molar-refractivity contribution in [3.05, 3.63) is 59.3 Å². The fraction of sp³-hybridized carbons (Fsp3) is 0.417. The molecule has 2 aromatic carbocycles. The molecule has 0 unspecified atom stereocenters. The molecule has 158 valence electrons. The molecule has 1 aliphatic heterocycles. The van der Waals surface area contributed by atoms with E-state index in [4.69, 9.17) is 9.47 Å². The molecule has 6 heteroatoms. The molecule has 1 aromatic heterocycles. The van der Waals surface area contributed by atoms with Crippen LogP contribution in [0.5, 0.6) is 11.5 Å². The van der Waals surface area contributed by atoms with Crippen LogP contribution in [-0.2, 0) is 6.42 Å². The molecule has 0 aliphatic carbocycles. The fourth-order valence-electron chi connectivity index (χ4n) is 3.94. The van der Waals surface area contributed by atoms with Gasteiger partial charge in [-0.1, -0.05) is 12.1 Å². The Hall–Kier alpha value is -2.73. The maximum absolute atomic E-state index is 14.4. The number of rotatable bonds is 6. The standard InChI is InChI=1S/C24H28FN3O2/c1-16-4-5-18(20(25)10-16)11-21-19-12-23(29-3)24(13-22(19)27-15-26-21)30-14-17-6-8-28(2)9-7-17/h4-5,10,12-13,15,17H,6-9,11,14H2,1-3H3. The summed E-state index contributed by atoms with van der Waals surface area (Å²) in [6, 6.07) is 9.08. The molecule has 4 rings (SSSR count). The lowest BCUT2D eigenvalue weighted by Crippen LogP contribution is -2.32. The van der Waals surface area contributed by atoms with Crippen molar-refractivity contribution in [3.8, 4) is 11.5 Å². The van der Waals surface area contributed by atoms with Crippen molar-refractivity contribution in [1.29, 1.82) is 0 Å². The third-order valence-electron chi connectivity index (χ3n) is 5.88. The lowest BCUT2D eigenvalue weighted by atomic mass is 9.98. The normalized spacial score (nSPS) is 15.5. The highest BCUT2D eigenvalue weighted by molar-refractivity contribution is 5.84. The summed E-state index contributed by atoms with van der Waals surface area (Å²) in [6.07, 6.45) is 4.20. The largest absolute Gasteiger partial charge is 0.493 e. The Kier molecular flexibility index (Phi) is 6.13. The number of hydrogen-bond acceptors (Lipinski definition) is 5. The summed E-state index contributed by atoms with van der Waals surface area (Å²) in [6.45, 7) is 4.76. The lowest BCUT2D eigenvalue weighted by Gasteiger charge is -2.28. The zero-order valence-corrected chi connectivity index (χ0v) is 17.8. The number of halogens is 1. The van der Waals surface area contributed by atoms with Gasteiger partial charge in [-0.15, -0.1) is 0 Å². The van der Waals surface area contributed by atoms with Gasteiger partial charge in [0.05, 0.1) is 24.9 Å². The quantitative estimate of drug-likeness (QED) is 0.604.